The number of para-hydroxylation sites is 1. The molecule has 3 rings (SSSR count). The third kappa shape index (κ3) is 2.95. The lowest BCUT2D eigenvalue weighted by molar-refractivity contribution is -0.133. The van der Waals surface area contributed by atoms with Gasteiger partial charge in [0.2, 0.25) is 0 Å². The molecule has 2 aromatic rings. The van der Waals surface area contributed by atoms with E-state index in [0.717, 1.165) is 16.8 Å². The SMILES string of the molecule is CC(Cl)C(=O)Oc1cccc2c1CCc1ccccc1N2C(N)=O. The number of halogens is 1. The third-order valence-electron chi connectivity index (χ3n) is 3.98. The van der Waals surface area contributed by atoms with Crippen molar-refractivity contribution in [3.05, 3.63) is 53.6 Å². The monoisotopic (exact) mass is 344 g/mol. The predicted molar refractivity (Wildman–Crippen MR) is 93.0 cm³/mol. The maximum absolute atomic E-state index is 12.1. The average Bonchev–Trinajstić information content (AvgIpc) is 2.72. The molecule has 0 fully saturated rings. The van der Waals surface area contributed by atoms with Crippen LogP contribution >= 0.6 is 11.6 Å². The summed E-state index contributed by atoms with van der Waals surface area (Å²) in [4.78, 5) is 25.4. The maximum Gasteiger partial charge on any atom is 0.329 e. The van der Waals surface area contributed by atoms with E-state index < -0.39 is 17.4 Å². The number of fused-ring (bicyclic) bond motifs is 2. The molecule has 0 aromatic heterocycles. The number of anilines is 2. The first-order valence-electron chi connectivity index (χ1n) is 7.64. The van der Waals surface area contributed by atoms with Crippen molar-refractivity contribution in [3.63, 3.8) is 0 Å². The minimum Gasteiger partial charge on any atom is -0.425 e. The number of carbonyl (C=O) groups is 2. The van der Waals surface area contributed by atoms with Gasteiger partial charge in [0, 0.05) is 5.56 Å². The van der Waals surface area contributed by atoms with E-state index in [9.17, 15) is 9.59 Å². The number of aryl methyl sites for hydroxylation is 1. The van der Waals surface area contributed by atoms with Crippen molar-refractivity contribution in [1.82, 2.24) is 0 Å². The number of alkyl halides is 1. The van der Waals surface area contributed by atoms with E-state index in [1.165, 1.54) is 4.90 Å². The van der Waals surface area contributed by atoms with Crippen LogP contribution in [0.15, 0.2) is 42.5 Å². The molecule has 2 aromatic carbocycles. The normalized spacial score (nSPS) is 14.2. The number of amides is 2. The van der Waals surface area contributed by atoms with E-state index in [4.69, 9.17) is 22.1 Å². The lowest BCUT2D eigenvalue weighted by atomic mass is 10.0. The number of rotatable bonds is 2. The zero-order valence-corrected chi connectivity index (χ0v) is 13.9. The van der Waals surface area contributed by atoms with Crippen molar-refractivity contribution < 1.29 is 14.3 Å². The molecule has 1 atom stereocenters. The Hall–Kier alpha value is -2.53. The van der Waals surface area contributed by atoms with Gasteiger partial charge in [-0.2, -0.15) is 0 Å². The van der Waals surface area contributed by atoms with Gasteiger partial charge in [-0.05, 0) is 43.5 Å². The topological polar surface area (TPSA) is 72.6 Å². The molecule has 0 aliphatic carbocycles. The number of hydrogen-bond acceptors (Lipinski definition) is 3. The molecule has 24 heavy (non-hydrogen) atoms. The van der Waals surface area contributed by atoms with E-state index in [2.05, 4.69) is 0 Å². The molecule has 6 heteroatoms. The molecule has 124 valence electrons. The Kier molecular flexibility index (Phi) is 4.44. The number of primary amides is 1. The number of urea groups is 1. The standard InChI is InChI=1S/C18H17ClN2O3/c1-11(19)17(22)24-16-8-4-7-15-13(16)10-9-12-5-2-3-6-14(12)21(15)18(20)23/h2-8,11H,9-10H2,1H3,(H2,20,23). The van der Waals surface area contributed by atoms with Gasteiger partial charge in [0.05, 0.1) is 11.4 Å². The Labute approximate surface area is 145 Å². The molecule has 0 spiro atoms. The van der Waals surface area contributed by atoms with E-state index in [-0.39, 0.29) is 0 Å². The van der Waals surface area contributed by atoms with Crippen molar-refractivity contribution in [2.24, 2.45) is 5.73 Å². The molecule has 2 amide bonds. The van der Waals surface area contributed by atoms with Crippen molar-refractivity contribution in [2.45, 2.75) is 25.1 Å². The van der Waals surface area contributed by atoms with Crippen molar-refractivity contribution in [3.8, 4) is 5.75 Å². The average molecular weight is 345 g/mol. The van der Waals surface area contributed by atoms with Gasteiger partial charge in [-0.15, -0.1) is 11.6 Å². The van der Waals surface area contributed by atoms with Crippen LogP contribution in [0.25, 0.3) is 0 Å². The number of esters is 1. The van der Waals surface area contributed by atoms with Gasteiger partial charge >= 0.3 is 12.0 Å². The highest BCUT2D eigenvalue weighted by Gasteiger charge is 2.27. The Balaban J connectivity index is 2.12. The summed E-state index contributed by atoms with van der Waals surface area (Å²) in [5, 5.41) is -0.754. The lowest BCUT2D eigenvalue weighted by Gasteiger charge is -2.23. The predicted octanol–water partition coefficient (Wildman–Crippen LogP) is 3.53. The van der Waals surface area contributed by atoms with Gasteiger partial charge in [-0.1, -0.05) is 24.3 Å². The number of hydrogen-bond donors (Lipinski definition) is 1. The zero-order valence-electron chi connectivity index (χ0n) is 13.2. The summed E-state index contributed by atoms with van der Waals surface area (Å²) in [6.07, 6.45) is 1.33. The highest BCUT2D eigenvalue weighted by molar-refractivity contribution is 6.29. The highest BCUT2D eigenvalue weighted by Crippen LogP contribution is 2.39. The Morgan fingerprint density at radius 1 is 1.12 bits per heavy atom. The fraction of sp³-hybridized carbons (Fsp3) is 0.222. The molecule has 1 heterocycles. The second-order valence-corrected chi connectivity index (χ2v) is 6.25. The van der Waals surface area contributed by atoms with E-state index in [1.807, 2.05) is 24.3 Å². The Morgan fingerprint density at radius 2 is 1.83 bits per heavy atom. The summed E-state index contributed by atoms with van der Waals surface area (Å²) in [6, 6.07) is 12.2. The highest BCUT2D eigenvalue weighted by atomic mass is 35.5. The first-order valence-corrected chi connectivity index (χ1v) is 8.08. The van der Waals surface area contributed by atoms with Gasteiger partial charge in [0.25, 0.3) is 0 Å². The Bertz CT molecular complexity index is 805. The summed E-state index contributed by atoms with van der Waals surface area (Å²) in [7, 11) is 0. The number of nitrogens with zero attached hydrogens (tertiary/aromatic N) is 1. The molecule has 1 aliphatic heterocycles. The first-order chi connectivity index (χ1) is 11.5. The summed E-state index contributed by atoms with van der Waals surface area (Å²) >= 11 is 5.79. The molecule has 2 N–H and O–H groups in total. The van der Waals surface area contributed by atoms with Gasteiger partial charge in [-0.25, -0.2) is 4.79 Å². The molecule has 0 radical (unpaired) electrons. The summed E-state index contributed by atoms with van der Waals surface area (Å²) in [5.41, 5.74) is 8.77. The minimum absolute atomic E-state index is 0.407. The number of benzene rings is 2. The molecule has 0 saturated carbocycles. The van der Waals surface area contributed by atoms with Crippen LogP contribution in [0.4, 0.5) is 16.2 Å². The second kappa shape index (κ2) is 6.53. The van der Waals surface area contributed by atoms with Crippen LogP contribution in [0.3, 0.4) is 0 Å². The van der Waals surface area contributed by atoms with Crippen LogP contribution in [-0.2, 0) is 17.6 Å². The minimum atomic E-state index is -0.754. The smallest absolute Gasteiger partial charge is 0.329 e. The fourth-order valence-corrected chi connectivity index (χ4v) is 2.91. The van der Waals surface area contributed by atoms with Crippen molar-refractivity contribution in [2.75, 3.05) is 4.90 Å². The van der Waals surface area contributed by atoms with Crippen LogP contribution in [0.2, 0.25) is 0 Å². The van der Waals surface area contributed by atoms with Crippen LogP contribution < -0.4 is 15.4 Å². The molecule has 5 nitrogen and oxygen atoms in total. The van der Waals surface area contributed by atoms with Gasteiger partial charge in [0.15, 0.2) is 0 Å². The van der Waals surface area contributed by atoms with Crippen molar-refractivity contribution in [1.29, 1.82) is 0 Å². The van der Waals surface area contributed by atoms with E-state index in [0.29, 0.717) is 24.3 Å². The molecule has 0 saturated heterocycles. The third-order valence-corrected chi connectivity index (χ3v) is 4.16. The lowest BCUT2D eigenvalue weighted by Crippen LogP contribution is -2.32. The van der Waals surface area contributed by atoms with Gasteiger partial charge in [0.1, 0.15) is 11.1 Å². The molecular weight excluding hydrogens is 328 g/mol. The zero-order chi connectivity index (χ0) is 17.3. The quantitative estimate of drug-likeness (QED) is 0.514. The Morgan fingerprint density at radius 3 is 2.54 bits per heavy atom. The van der Waals surface area contributed by atoms with Gasteiger partial charge < -0.3 is 10.5 Å². The summed E-state index contributed by atoms with van der Waals surface area (Å²) in [6.45, 7) is 1.55. The summed E-state index contributed by atoms with van der Waals surface area (Å²) in [5.74, 6) is -0.124. The second-order valence-electron chi connectivity index (χ2n) is 5.59. The fourth-order valence-electron chi connectivity index (χ4n) is 2.87. The van der Waals surface area contributed by atoms with Crippen LogP contribution in [0.5, 0.6) is 5.75 Å². The molecule has 1 aliphatic rings. The van der Waals surface area contributed by atoms with E-state index in [1.54, 1.807) is 25.1 Å². The first kappa shape index (κ1) is 16.3. The number of ether oxygens (including phenoxy) is 1. The molecule has 0 bridgehead atoms. The molecule has 1 unspecified atom stereocenters. The van der Waals surface area contributed by atoms with Crippen LogP contribution in [-0.4, -0.2) is 17.4 Å². The van der Waals surface area contributed by atoms with E-state index >= 15 is 0 Å². The molecular formula is C18H17ClN2O3. The van der Waals surface area contributed by atoms with Crippen LogP contribution in [0.1, 0.15) is 18.1 Å². The van der Waals surface area contributed by atoms with Gasteiger partial charge in [-0.3, -0.25) is 9.69 Å². The number of carbonyl (C=O) groups excluding carboxylic acids is 2. The van der Waals surface area contributed by atoms with Crippen LogP contribution in [0, 0.1) is 0 Å². The largest absolute Gasteiger partial charge is 0.425 e. The maximum atomic E-state index is 12.1. The summed E-state index contributed by atoms with van der Waals surface area (Å²) < 4.78 is 5.41. The van der Waals surface area contributed by atoms with Crippen molar-refractivity contribution >= 4 is 35.0 Å². The number of nitrogens with two attached hydrogens (primary N) is 1.